The van der Waals surface area contributed by atoms with Gasteiger partial charge in [-0.05, 0) is 50.4 Å². The van der Waals surface area contributed by atoms with Gasteiger partial charge in [0.15, 0.2) is 0 Å². The zero-order valence-corrected chi connectivity index (χ0v) is 12.1. The minimum atomic E-state index is -0.603. The summed E-state index contributed by atoms with van der Waals surface area (Å²) in [5.74, 6) is -0.214. The van der Waals surface area contributed by atoms with Crippen LogP contribution in [0.15, 0.2) is 24.3 Å². The highest BCUT2D eigenvalue weighted by atomic mass is 16.1. The fraction of sp³-hybridized carbons (Fsp3) is 0.562. The molecule has 4 heteroatoms. The van der Waals surface area contributed by atoms with E-state index in [1.165, 1.54) is 18.4 Å². The zero-order chi connectivity index (χ0) is 14.2. The quantitative estimate of drug-likeness (QED) is 0.884. The maximum atomic E-state index is 12.2. The molecule has 2 heterocycles. The Morgan fingerprint density at radius 1 is 1.40 bits per heavy atom. The second-order valence-electron chi connectivity index (χ2n) is 6.13. The van der Waals surface area contributed by atoms with E-state index < -0.39 is 5.54 Å². The smallest absolute Gasteiger partial charge is 0.244 e. The minimum Gasteiger partial charge on any atom is -0.370 e. The van der Waals surface area contributed by atoms with Crippen LogP contribution < -0.4 is 11.1 Å². The summed E-state index contributed by atoms with van der Waals surface area (Å²) in [6.07, 6.45) is 4.28. The van der Waals surface area contributed by atoms with E-state index in [0.717, 1.165) is 31.6 Å². The summed E-state index contributed by atoms with van der Waals surface area (Å²) < 4.78 is 0. The van der Waals surface area contributed by atoms with Crippen LogP contribution in [0.3, 0.4) is 0 Å². The van der Waals surface area contributed by atoms with Gasteiger partial charge >= 0.3 is 0 Å². The van der Waals surface area contributed by atoms with Gasteiger partial charge in [0.05, 0.1) is 0 Å². The van der Waals surface area contributed by atoms with Gasteiger partial charge in [0.2, 0.25) is 5.91 Å². The van der Waals surface area contributed by atoms with Crippen LogP contribution >= 0.6 is 0 Å². The number of hydrogen-bond acceptors (Lipinski definition) is 3. The Kier molecular flexibility index (Phi) is 3.42. The highest BCUT2D eigenvalue weighted by Crippen LogP contribution is 2.37. The van der Waals surface area contributed by atoms with Crippen LogP contribution in [0.2, 0.25) is 0 Å². The highest BCUT2D eigenvalue weighted by molar-refractivity contribution is 5.89. The molecule has 2 saturated heterocycles. The molecule has 20 heavy (non-hydrogen) atoms. The minimum absolute atomic E-state index is 0.214. The number of nitrogens with two attached hydrogens (primary N) is 1. The fourth-order valence-electron chi connectivity index (χ4n) is 3.78. The van der Waals surface area contributed by atoms with Crippen LogP contribution in [0.25, 0.3) is 0 Å². The van der Waals surface area contributed by atoms with E-state index in [2.05, 4.69) is 29.3 Å². The Hall–Kier alpha value is -1.55. The van der Waals surface area contributed by atoms with Crippen molar-refractivity contribution in [3.05, 3.63) is 29.8 Å². The highest BCUT2D eigenvalue weighted by Gasteiger charge is 2.52. The molecule has 1 aromatic carbocycles. The monoisotopic (exact) mass is 273 g/mol. The first kappa shape index (κ1) is 13.4. The first-order valence-corrected chi connectivity index (χ1v) is 7.51. The number of piperidine rings is 1. The lowest BCUT2D eigenvalue weighted by atomic mass is 9.84. The van der Waals surface area contributed by atoms with Crippen molar-refractivity contribution in [3.63, 3.8) is 0 Å². The summed E-state index contributed by atoms with van der Waals surface area (Å²) in [5, 5.41) is 3.48. The molecule has 0 bridgehead atoms. The summed E-state index contributed by atoms with van der Waals surface area (Å²) in [4.78, 5) is 14.6. The van der Waals surface area contributed by atoms with Crippen molar-refractivity contribution in [2.24, 2.45) is 5.73 Å². The number of nitrogens with one attached hydrogen (secondary N) is 1. The van der Waals surface area contributed by atoms with Gasteiger partial charge in [-0.1, -0.05) is 18.6 Å². The van der Waals surface area contributed by atoms with Gasteiger partial charge in [0.1, 0.15) is 5.54 Å². The zero-order valence-electron chi connectivity index (χ0n) is 12.1. The van der Waals surface area contributed by atoms with Crippen LogP contribution in [-0.2, 0) is 4.79 Å². The molecule has 2 fully saturated rings. The number of carbonyl (C=O) groups excluding carboxylic acids is 1. The van der Waals surface area contributed by atoms with Crippen LogP contribution in [-0.4, -0.2) is 35.5 Å². The van der Waals surface area contributed by atoms with Crippen molar-refractivity contribution in [1.29, 1.82) is 0 Å². The van der Waals surface area contributed by atoms with Crippen molar-refractivity contribution < 1.29 is 4.79 Å². The van der Waals surface area contributed by atoms with Crippen molar-refractivity contribution in [2.75, 3.05) is 18.4 Å². The van der Waals surface area contributed by atoms with Gasteiger partial charge in [0, 0.05) is 18.3 Å². The number of aryl methyl sites for hydroxylation is 1. The molecule has 2 unspecified atom stereocenters. The van der Waals surface area contributed by atoms with Crippen molar-refractivity contribution in [3.8, 4) is 0 Å². The van der Waals surface area contributed by atoms with Crippen molar-refractivity contribution in [1.82, 2.24) is 4.90 Å². The SMILES string of the molecule is Cc1cccc(NC2(C(N)=O)CCN3CCCCC32)c1. The van der Waals surface area contributed by atoms with Crippen LogP contribution in [0, 0.1) is 6.92 Å². The number of carbonyl (C=O) groups is 1. The lowest BCUT2D eigenvalue weighted by Crippen LogP contribution is -2.59. The topological polar surface area (TPSA) is 58.4 Å². The average Bonchev–Trinajstić information content (AvgIpc) is 2.79. The van der Waals surface area contributed by atoms with Gasteiger partial charge in [-0.2, -0.15) is 0 Å². The Balaban J connectivity index is 1.90. The molecule has 1 amide bonds. The number of primary amides is 1. The molecule has 0 spiro atoms. The summed E-state index contributed by atoms with van der Waals surface area (Å²) in [6.45, 7) is 4.12. The average molecular weight is 273 g/mol. The number of anilines is 1. The molecule has 3 rings (SSSR count). The van der Waals surface area contributed by atoms with E-state index >= 15 is 0 Å². The van der Waals surface area contributed by atoms with Crippen molar-refractivity contribution >= 4 is 11.6 Å². The predicted octanol–water partition coefficient (Wildman–Crippen LogP) is 1.89. The number of hydrogen-bond donors (Lipinski definition) is 2. The molecule has 108 valence electrons. The lowest BCUT2D eigenvalue weighted by molar-refractivity contribution is -0.123. The molecule has 0 saturated carbocycles. The van der Waals surface area contributed by atoms with E-state index in [1.807, 2.05) is 12.1 Å². The molecule has 1 aromatic rings. The van der Waals surface area contributed by atoms with Gasteiger partial charge in [-0.25, -0.2) is 0 Å². The first-order chi connectivity index (χ1) is 9.62. The Morgan fingerprint density at radius 3 is 3.00 bits per heavy atom. The standard InChI is InChI=1S/C16H23N3O/c1-12-5-4-6-13(11-12)18-16(15(17)20)8-10-19-9-3-2-7-14(16)19/h4-6,11,14,18H,2-3,7-10H2,1H3,(H2,17,20). The molecular weight excluding hydrogens is 250 g/mol. The molecule has 2 aliphatic rings. The van der Waals surface area contributed by atoms with Gasteiger partial charge in [-0.15, -0.1) is 0 Å². The van der Waals surface area contributed by atoms with E-state index in [1.54, 1.807) is 0 Å². The number of nitrogens with zero attached hydrogens (tertiary/aromatic N) is 1. The molecule has 2 atom stereocenters. The third-order valence-corrected chi connectivity index (χ3v) is 4.80. The van der Waals surface area contributed by atoms with Crippen molar-refractivity contribution in [2.45, 2.75) is 44.2 Å². The third-order valence-electron chi connectivity index (χ3n) is 4.80. The fourth-order valence-corrected chi connectivity index (χ4v) is 3.78. The maximum absolute atomic E-state index is 12.2. The normalized spacial score (nSPS) is 29.9. The summed E-state index contributed by atoms with van der Waals surface area (Å²) in [5.41, 5.74) is 7.38. The number of rotatable bonds is 3. The van der Waals surface area contributed by atoms with E-state index in [4.69, 9.17) is 5.73 Å². The number of benzene rings is 1. The Morgan fingerprint density at radius 2 is 2.25 bits per heavy atom. The van der Waals surface area contributed by atoms with Crippen LogP contribution in [0.5, 0.6) is 0 Å². The summed E-state index contributed by atoms with van der Waals surface area (Å²) >= 11 is 0. The molecule has 0 aromatic heterocycles. The third kappa shape index (κ3) is 2.18. The summed E-state index contributed by atoms with van der Waals surface area (Å²) in [7, 11) is 0. The van der Waals surface area contributed by atoms with Gasteiger partial charge in [0.25, 0.3) is 0 Å². The predicted molar refractivity (Wildman–Crippen MR) is 80.6 cm³/mol. The van der Waals surface area contributed by atoms with E-state index in [0.29, 0.717) is 0 Å². The molecule has 2 aliphatic heterocycles. The second-order valence-corrected chi connectivity index (χ2v) is 6.13. The molecule has 0 radical (unpaired) electrons. The van der Waals surface area contributed by atoms with Crippen LogP contribution in [0.1, 0.15) is 31.2 Å². The summed E-state index contributed by atoms with van der Waals surface area (Å²) in [6, 6.07) is 8.41. The van der Waals surface area contributed by atoms with Gasteiger partial charge < -0.3 is 11.1 Å². The number of amides is 1. The Labute approximate surface area is 120 Å². The van der Waals surface area contributed by atoms with E-state index in [9.17, 15) is 4.79 Å². The Bertz CT molecular complexity index is 516. The van der Waals surface area contributed by atoms with Gasteiger partial charge in [-0.3, -0.25) is 9.69 Å². The molecule has 4 nitrogen and oxygen atoms in total. The van der Waals surface area contributed by atoms with E-state index in [-0.39, 0.29) is 11.9 Å². The lowest BCUT2D eigenvalue weighted by Gasteiger charge is -2.39. The first-order valence-electron chi connectivity index (χ1n) is 7.51. The second kappa shape index (κ2) is 5.09. The van der Waals surface area contributed by atoms with Crippen LogP contribution in [0.4, 0.5) is 5.69 Å². The maximum Gasteiger partial charge on any atom is 0.244 e. The molecule has 0 aliphatic carbocycles. The largest absolute Gasteiger partial charge is 0.370 e. The molecule has 3 N–H and O–H groups in total. The number of fused-ring (bicyclic) bond motifs is 1. The molecular formula is C16H23N3O.